The summed E-state index contributed by atoms with van der Waals surface area (Å²) in [5.74, 6) is 0.0426. The van der Waals surface area contributed by atoms with Crippen LogP contribution in [-0.2, 0) is 16.6 Å². The Hall–Kier alpha value is -1.33. The van der Waals surface area contributed by atoms with Crippen LogP contribution in [0, 0.1) is 0 Å². The van der Waals surface area contributed by atoms with Gasteiger partial charge in [-0.2, -0.15) is 18.3 Å². The lowest BCUT2D eigenvalue weighted by atomic mass is 10.2. The molecule has 0 radical (unpaired) electrons. The maximum Gasteiger partial charge on any atom is 0.401 e. The first-order chi connectivity index (χ1) is 9.64. The largest absolute Gasteiger partial charge is 0.475 e. The summed E-state index contributed by atoms with van der Waals surface area (Å²) in [7, 11) is -1.13. The van der Waals surface area contributed by atoms with Gasteiger partial charge in [-0.15, -0.1) is 0 Å². The fourth-order valence-electron chi connectivity index (χ4n) is 2.03. The number of aromatic nitrogens is 2. The normalized spacial score (nSPS) is 19.4. The summed E-state index contributed by atoms with van der Waals surface area (Å²) in [6.45, 7) is -0.981. The molecule has 0 aliphatic carbocycles. The van der Waals surface area contributed by atoms with E-state index >= 15 is 0 Å². The standard InChI is InChI=1S/C10H15F3N4O3S/c1-14-21(18,19)8-3-15-17-4-7(5-20-9(8)17)16(2)6-10(11,12)13/h3,7,14H,4-6H2,1-2H3/t7-/m0/s1. The van der Waals surface area contributed by atoms with Crippen LogP contribution in [-0.4, -0.2) is 62.6 Å². The lowest BCUT2D eigenvalue weighted by Gasteiger charge is -2.32. The topological polar surface area (TPSA) is 76.5 Å². The van der Waals surface area contributed by atoms with Crippen LogP contribution in [0.3, 0.4) is 0 Å². The Labute approximate surface area is 119 Å². The second-order valence-electron chi connectivity index (χ2n) is 4.70. The van der Waals surface area contributed by atoms with E-state index in [9.17, 15) is 21.6 Å². The van der Waals surface area contributed by atoms with Crippen molar-refractivity contribution in [1.29, 1.82) is 0 Å². The summed E-state index contributed by atoms with van der Waals surface area (Å²) in [5, 5.41) is 3.86. The van der Waals surface area contributed by atoms with Gasteiger partial charge in [0, 0.05) is 0 Å². The highest BCUT2D eigenvalue weighted by atomic mass is 32.2. The molecule has 0 saturated carbocycles. The maximum absolute atomic E-state index is 12.4. The molecule has 0 saturated heterocycles. The quantitative estimate of drug-likeness (QED) is 0.845. The minimum absolute atomic E-state index is 0.0372. The summed E-state index contributed by atoms with van der Waals surface area (Å²) in [4.78, 5) is 0.985. The molecule has 7 nitrogen and oxygen atoms in total. The van der Waals surface area contributed by atoms with Crippen molar-refractivity contribution in [2.75, 3.05) is 27.2 Å². The van der Waals surface area contributed by atoms with Crippen LogP contribution in [0.15, 0.2) is 11.1 Å². The van der Waals surface area contributed by atoms with Crippen LogP contribution in [0.1, 0.15) is 0 Å². The SMILES string of the molecule is CNS(=O)(=O)c1cnn2c1OC[C@@H](N(C)CC(F)(F)F)C2. The highest BCUT2D eigenvalue weighted by molar-refractivity contribution is 7.89. The van der Waals surface area contributed by atoms with E-state index in [0.29, 0.717) is 0 Å². The van der Waals surface area contributed by atoms with Gasteiger partial charge in [-0.05, 0) is 14.1 Å². The van der Waals surface area contributed by atoms with Crippen LogP contribution < -0.4 is 9.46 Å². The fourth-order valence-corrected chi connectivity index (χ4v) is 2.83. The molecule has 0 bridgehead atoms. The zero-order valence-corrected chi connectivity index (χ0v) is 12.2. The van der Waals surface area contributed by atoms with Gasteiger partial charge >= 0.3 is 6.18 Å². The van der Waals surface area contributed by atoms with Gasteiger partial charge in [0.1, 0.15) is 6.61 Å². The van der Waals surface area contributed by atoms with Crippen molar-refractivity contribution in [3.63, 3.8) is 0 Å². The molecular weight excluding hydrogens is 313 g/mol. The number of ether oxygens (including phenoxy) is 1. The highest BCUT2D eigenvalue weighted by Crippen LogP contribution is 2.28. The van der Waals surface area contributed by atoms with Gasteiger partial charge < -0.3 is 4.74 Å². The molecule has 1 aromatic heterocycles. The lowest BCUT2D eigenvalue weighted by molar-refractivity contribution is -0.150. The van der Waals surface area contributed by atoms with Gasteiger partial charge in [0.25, 0.3) is 0 Å². The predicted molar refractivity (Wildman–Crippen MR) is 66.4 cm³/mol. The third-order valence-electron chi connectivity index (χ3n) is 3.17. The summed E-state index contributed by atoms with van der Waals surface area (Å²) >= 11 is 0. The Bertz CT molecular complexity index is 614. The number of halogens is 3. The fraction of sp³-hybridized carbons (Fsp3) is 0.700. The zero-order chi connectivity index (χ0) is 15.8. The number of fused-ring (bicyclic) bond motifs is 1. The van der Waals surface area contributed by atoms with E-state index in [1.807, 2.05) is 0 Å². The van der Waals surface area contributed by atoms with Gasteiger partial charge in [-0.25, -0.2) is 17.8 Å². The molecule has 0 fully saturated rings. The second kappa shape index (κ2) is 5.46. The average molecular weight is 328 g/mol. The van der Waals surface area contributed by atoms with Gasteiger partial charge in [-0.1, -0.05) is 0 Å². The van der Waals surface area contributed by atoms with E-state index in [0.717, 1.165) is 11.1 Å². The van der Waals surface area contributed by atoms with Crippen molar-refractivity contribution in [3.05, 3.63) is 6.20 Å². The lowest BCUT2D eigenvalue weighted by Crippen LogP contribution is -2.46. The first-order valence-corrected chi connectivity index (χ1v) is 7.51. The third kappa shape index (κ3) is 3.47. The van der Waals surface area contributed by atoms with Crippen molar-refractivity contribution in [2.24, 2.45) is 0 Å². The van der Waals surface area contributed by atoms with E-state index < -0.39 is 28.8 Å². The monoisotopic (exact) mass is 328 g/mol. The van der Waals surface area contributed by atoms with E-state index in [-0.39, 0.29) is 23.9 Å². The number of nitrogens with zero attached hydrogens (tertiary/aromatic N) is 3. The molecule has 0 amide bonds. The van der Waals surface area contributed by atoms with Crippen LogP contribution in [0.5, 0.6) is 5.88 Å². The molecule has 21 heavy (non-hydrogen) atoms. The van der Waals surface area contributed by atoms with Crippen molar-refractivity contribution in [3.8, 4) is 5.88 Å². The molecule has 0 aromatic carbocycles. The molecule has 2 heterocycles. The van der Waals surface area contributed by atoms with E-state index in [1.165, 1.54) is 18.8 Å². The molecular formula is C10H15F3N4O3S. The summed E-state index contributed by atoms with van der Waals surface area (Å²) < 4.78 is 69.3. The Balaban J connectivity index is 2.16. The number of nitrogens with one attached hydrogen (secondary N) is 1. The first kappa shape index (κ1) is 16.0. The van der Waals surface area contributed by atoms with E-state index in [2.05, 4.69) is 9.82 Å². The molecule has 1 aliphatic heterocycles. The number of hydrogen-bond donors (Lipinski definition) is 1. The molecule has 1 N–H and O–H groups in total. The minimum atomic E-state index is -4.31. The van der Waals surface area contributed by atoms with Crippen LogP contribution >= 0.6 is 0 Å². The molecule has 11 heteroatoms. The first-order valence-electron chi connectivity index (χ1n) is 6.03. The molecule has 1 aliphatic rings. The zero-order valence-electron chi connectivity index (χ0n) is 11.4. The summed E-state index contributed by atoms with van der Waals surface area (Å²) in [6, 6.07) is -0.538. The molecule has 0 unspecified atom stereocenters. The number of hydrogen-bond acceptors (Lipinski definition) is 5. The Morgan fingerprint density at radius 2 is 2.24 bits per heavy atom. The number of sulfonamides is 1. The Kier molecular flexibility index (Phi) is 4.17. The summed E-state index contributed by atoms with van der Waals surface area (Å²) in [6.07, 6.45) is -3.19. The smallest absolute Gasteiger partial charge is 0.401 e. The van der Waals surface area contributed by atoms with E-state index in [4.69, 9.17) is 4.74 Å². The van der Waals surface area contributed by atoms with Crippen LogP contribution in [0.2, 0.25) is 0 Å². The third-order valence-corrected chi connectivity index (χ3v) is 4.56. The van der Waals surface area contributed by atoms with Crippen molar-refractivity contribution in [1.82, 2.24) is 19.4 Å². The average Bonchev–Trinajstić information content (AvgIpc) is 2.80. The molecule has 2 rings (SSSR count). The highest BCUT2D eigenvalue weighted by Gasteiger charge is 2.35. The van der Waals surface area contributed by atoms with Crippen molar-refractivity contribution in [2.45, 2.75) is 23.7 Å². The maximum atomic E-state index is 12.4. The Morgan fingerprint density at radius 1 is 1.57 bits per heavy atom. The van der Waals surface area contributed by atoms with Gasteiger partial charge in [0.2, 0.25) is 15.9 Å². The number of alkyl halides is 3. The minimum Gasteiger partial charge on any atom is -0.475 e. The molecule has 1 atom stereocenters. The molecule has 0 spiro atoms. The number of likely N-dealkylation sites (N-methyl/N-ethyl adjacent to an activating group) is 1. The predicted octanol–water partition coefficient (Wildman–Crippen LogP) is 0.0463. The van der Waals surface area contributed by atoms with Gasteiger partial charge in [0.15, 0.2) is 4.90 Å². The van der Waals surface area contributed by atoms with Crippen LogP contribution in [0.25, 0.3) is 0 Å². The van der Waals surface area contributed by atoms with Crippen molar-refractivity contribution >= 4 is 10.0 Å². The van der Waals surface area contributed by atoms with Gasteiger partial charge in [0.05, 0.1) is 25.3 Å². The van der Waals surface area contributed by atoms with Crippen molar-refractivity contribution < 1.29 is 26.3 Å². The molecule has 120 valence electrons. The van der Waals surface area contributed by atoms with Crippen LogP contribution in [0.4, 0.5) is 13.2 Å². The Morgan fingerprint density at radius 3 is 2.81 bits per heavy atom. The van der Waals surface area contributed by atoms with E-state index in [1.54, 1.807) is 0 Å². The van der Waals surface area contributed by atoms with Gasteiger partial charge in [-0.3, -0.25) is 4.90 Å². The second-order valence-corrected chi connectivity index (χ2v) is 6.55. The summed E-state index contributed by atoms with van der Waals surface area (Å²) in [5.41, 5.74) is 0. The number of rotatable bonds is 4. The molecule has 1 aromatic rings.